The quantitative estimate of drug-likeness (QED) is 0.0211. The van der Waals surface area contributed by atoms with Gasteiger partial charge in [-0.2, -0.15) is 0 Å². The van der Waals surface area contributed by atoms with Crippen molar-refractivity contribution in [3.05, 3.63) is 85.1 Å². The van der Waals surface area contributed by atoms with Crippen LogP contribution in [0.5, 0.6) is 0 Å². The lowest BCUT2D eigenvalue weighted by molar-refractivity contribution is -0.870. The van der Waals surface area contributed by atoms with Crippen LogP contribution in [0.2, 0.25) is 0 Å². The van der Waals surface area contributed by atoms with E-state index in [0.29, 0.717) is 23.9 Å². The maximum absolute atomic E-state index is 12.8. The number of carbonyl (C=O) groups is 3. The Morgan fingerprint density at radius 2 is 0.838 bits per heavy atom. The summed E-state index contributed by atoms with van der Waals surface area (Å²) in [5, 5.41) is 9.68. The first kappa shape index (κ1) is 64.5. The van der Waals surface area contributed by atoms with E-state index in [1.807, 2.05) is 21.1 Å². The van der Waals surface area contributed by atoms with E-state index in [9.17, 15) is 19.5 Å². The second kappa shape index (κ2) is 49.9. The number of aliphatic carboxylic acids is 1. The zero-order valence-electron chi connectivity index (χ0n) is 44.2. The van der Waals surface area contributed by atoms with E-state index in [2.05, 4.69) is 98.9 Å². The monoisotopic (exact) mass is 953 g/mol. The summed E-state index contributed by atoms with van der Waals surface area (Å²) in [6.07, 6.45) is 62.2. The molecular weight excluding hydrogens is 851 g/mol. The maximum atomic E-state index is 12.8. The third kappa shape index (κ3) is 50.3. The fourth-order valence-corrected chi connectivity index (χ4v) is 7.23. The number of quaternary nitrogens is 1. The van der Waals surface area contributed by atoms with Crippen molar-refractivity contribution < 1.29 is 42.9 Å². The van der Waals surface area contributed by atoms with E-state index in [0.717, 1.165) is 83.5 Å². The molecule has 0 rings (SSSR count). The standard InChI is InChI=1S/C59H101NO8/c1-6-8-10-12-14-16-18-20-22-24-26-27-28-29-30-31-32-34-36-38-40-42-44-46-48-50-57(62)68-55(54-67-59(58(63)64)65-52-51-60(3,4)5)53-66-56(61)49-47-45-43-41-39-37-35-33-25-23-21-19-17-15-13-11-9-7-2/h8,10,14,16,20,22,26-27,29-30,32,34,38,40,55,59H,6-7,9,11-13,15,17-19,21,23-25,28,31,33,35-37,39,41-54H2,1-5H3/p+1/b10-8-,16-14-,22-20-,27-26-,30-29-,34-32-,40-38-. The van der Waals surface area contributed by atoms with Gasteiger partial charge in [-0.3, -0.25) is 9.59 Å². The molecule has 0 fully saturated rings. The minimum absolute atomic E-state index is 0.178. The van der Waals surface area contributed by atoms with Crippen LogP contribution in [0.25, 0.3) is 0 Å². The van der Waals surface area contributed by atoms with Crippen molar-refractivity contribution in [2.75, 3.05) is 47.5 Å². The van der Waals surface area contributed by atoms with Crippen LogP contribution in [0.3, 0.4) is 0 Å². The molecule has 68 heavy (non-hydrogen) atoms. The van der Waals surface area contributed by atoms with E-state index in [1.165, 1.54) is 96.3 Å². The lowest BCUT2D eigenvalue weighted by Crippen LogP contribution is -2.40. The van der Waals surface area contributed by atoms with E-state index in [4.69, 9.17) is 18.9 Å². The number of likely N-dealkylation sites (N-methyl/N-ethyl adjacent to an activating group) is 1. The largest absolute Gasteiger partial charge is 0.477 e. The Kier molecular flexibility index (Phi) is 47.3. The van der Waals surface area contributed by atoms with Crippen LogP contribution in [0, 0.1) is 0 Å². The van der Waals surface area contributed by atoms with Crippen LogP contribution in [0.1, 0.15) is 213 Å². The highest BCUT2D eigenvalue weighted by atomic mass is 16.7. The molecule has 0 aliphatic rings. The number of rotatable bonds is 49. The lowest BCUT2D eigenvalue weighted by Gasteiger charge is -2.25. The van der Waals surface area contributed by atoms with Gasteiger partial charge in [0.05, 0.1) is 34.4 Å². The highest BCUT2D eigenvalue weighted by Crippen LogP contribution is 2.15. The number of nitrogens with zero attached hydrogens (tertiary/aromatic N) is 1. The molecule has 0 aliphatic heterocycles. The average molecular weight is 953 g/mol. The number of carboxylic acid groups (broad SMARTS) is 1. The predicted octanol–water partition coefficient (Wildman–Crippen LogP) is 15.6. The molecule has 0 aromatic heterocycles. The normalized spacial score (nSPS) is 13.5. The van der Waals surface area contributed by atoms with Crippen molar-refractivity contribution in [1.29, 1.82) is 0 Å². The van der Waals surface area contributed by atoms with E-state index in [-0.39, 0.29) is 32.2 Å². The lowest BCUT2D eigenvalue weighted by atomic mass is 10.0. The molecule has 2 atom stereocenters. The summed E-state index contributed by atoms with van der Waals surface area (Å²) < 4.78 is 22.8. The zero-order valence-corrected chi connectivity index (χ0v) is 44.2. The highest BCUT2D eigenvalue weighted by Gasteiger charge is 2.25. The predicted molar refractivity (Wildman–Crippen MR) is 286 cm³/mol. The van der Waals surface area contributed by atoms with Gasteiger partial charge in [0.2, 0.25) is 0 Å². The first-order chi connectivity index (χ1) is 33.1. The molecule has 0 spiro atoms. The summed E-state index contributed by atoms with van der Waals surface area (Å²) in [7, 11) is 5.95. The first-order valence-corrected chi connectivity index (χ1v) is 27.3. The van der Waals surface area contributed by atoms with Crippen LogP contribution in [0.4, 0.5) is 0 Å². The smallest absolute Gasteiger partial charge is 0.361 e. The fourth-order valence-electron chi connectivity index (χ4n) is 7.23. The number of ether oxygens (including phenoxy) is 4. The van der Waals surface area contributed by atoms with Gasteiger partial charge in [-0.15, -0.1) is 0 Å². The van der Waals surface area contributed by atoms with Gasteiger partial charge in [-0.1, -0.05) is 214 Å². The van der Waals surface area contributed by atoms with Gasteiger partial charge in [0.25, 0.3) is 6.29 Å². The number of esters is 2. The van der Waals surface area contributed by atoms with Gasteiger partial charge >= 0.3 is 17.9 Å². The Labute approximate surface area is 417 Å². The van der Waals surface area contributed by atoms with Crippen LogP contribution in [-0.4, -0.2) is 87.4 Å². The summed E-state index contributed by atoms with van der Waals surface area (Å²) in [5.41, 5.74) is 0. The molecule has 9 nitrogen and oxygen atoms in total. The topological polar surface area (TPSA) is 108 Å². The van der Waals surface area contributed by atoms with Crippen LogP contribution in [-0.2, 0) is 33.3 Å². The van der Waals surface area contributed by atoms with E-state index < -0.39 is 24.3 Å². The Balaban J connectivity index is 4.39. The molecule has 0 aliphatic carbocycles. The molecule has 390 valence electrons. The van der Waals surface area contributed by atoms with Crippen molar-refractivity contribution in [2.45, 2.75) is 225 Å². The highest BCUT2D eigenvalue weighted by molar-refractivity contribution is 5.71. The summed E-state index contributed by atoms with van der Waals surface area (Å²) in [6.45, 7) is 4.73. The van der Waals surface area contributed by atoms with Crippen molar-refractivity contribution in [3.63, 3.8) is 0 Å². The summed E-state index contributed by atoms with van der Waals surface area (Å²) in [5.74, 6) is -2.05. The Hall–Kier alpha value is -3.53. The molecule has 0 aromatic carbocycles. The number of carboxylic acids is 1. The summed E-state index contributed by atoms with van der Waals surface area (Å²) in [6, 6.07) is 0. The molecule has 0 amide bonds. The molecule has 0 aromatic rings. The van der Waals surface area contributed by atoms with E-state index in [1.54, 1.807) is 0 Å². The molecule has 9 heteroatoms. The van der Waals surface area contributed by atoms with E-state index >= 15 is 0 Å². The zero-order chi connectivity index (χ0) is 49.9. The van der Waals surface area contributed by atoms with Crippen molar-refractivity contribution in [3.8, 4) is 0 Å². The van der Waals surface area contributed by atoms with Gasteiger partial charge in [-0.25, -0.2) is 4.79 Å². The number of hydrogen-bond acceptors (Lipinski definition) is 7. The number of allylic oxidation sites excluding steroid dienone is 14. The third-order valence-corrected chi connectivity index (χ3v) is 11.4. The Morgan fingerprint density at radius 1 is 0.456 bits per heavy atom. The summed E-state index contributed by atoms with van der Waals surface area (Å²) in [4.78, 5) is 37.3. The molecule has 0 bridgehead atoms. The first-order valence-electron chi connectivity index (χ1n) is 27.3. The van der Waals surface area contributed by atoms with Crippen molar-refractivity contribution in [2.24, 2.45) is 0 Å². The van der Waals surface area contributed by atoms with Crippen LogP contribution >= 0.6 is 0 Å². The number of hydrogen-bond donors (Lipinski definition) is 1. The van der Waals surface area contributed by atoms with Gasteiger partial charge in [0.15, 0.2) is 6.10 Å². The summed E-state index contributed by atoms with van der Waals surface area (Å²) >= 11 is 0. The van der Waals surface area contributed by atoms with Crippen LogP contribution in [0.15, 0.2) is 85.1 Å². The molecule has 0 radical (unpaired) electrons. The van der Waals surface area contributed by atoms with Crippen molar-refractivity contribution in [1.82, 2.24) is 0 Å². The fraction of sp³-hybridized carbons (Fsp3) is 0.712. The minimum atomic E-state index is -1.52. The maximum Gasteiger partial charge on any atom is 0.361 e. The van der Waals surface area contributed by atoms with Gasteiger partial charge in [-0.05, 0) is 70.6 Å². The minimum Gasteiger partial charge on any atom is -0.477 e. The Bertz CT molecular complexity index is 1390. The van der Waals surface area contributed by atoms with Crippen LogP contribution < -0.4 is 0 Å². The molecule has 0 heterocycles. The molecule has 0 saturated heterocycles. The van der Waals surface area contributed by atoms with Gasteiger partial charge in [0, 0.05) is 12.8 Å². The SMILES string of the molecule is CC/C=C\C/C=C\C/C=C\C/C=C\C/C=C\C/C=C\C/C=C\CCCCCC(=O)OC(COC(=O)CCCCCCCCCCCCCCCCCCCC)COC(OCC[N+](C)(C)C)C(=O)O. The molecule has 2 unspecified atom stereocenters. The average Bonchev–Trinajstić information content (AvgIpc) is 3.30. The van der Waals surface area contributed by atoms with Gasteiger partial charge < -0.3 is 28.5 Å². The molecule has 0 saturated carbocycles. The van der Waals surface area contributed by atoms with Gasteiger partial charge in [0.1, 0.15) is 13.2 Å². The Morgan fingerprint density at radius 3 is 1.25 bits per heavy atom. The second-order valence-electron chi connectivity index (χ2n) is 19.2. The number of carbonyl (C=O) groups excluding carboxylic acids is 2. The molecular formula is C59H102NO8+. The third-order valence-electron chi connectivity index (χ3n) is 11.4. The molecule has 1 N–H and O–H groups in total. The second-order valence-corrected chi connectivity index (χ2v) is 19.2. The number of unbranched alkanes of at least 4 members (excludes halogenated alkanes) is 20. The van der Waals surface area contributed by atoms with Crippen molar-refractivity contribution >= 4 is 17.9 Å².